The van der Waals surface area contributed by atoms with Crippen molar-refractivity contribution in [1.82, 2.24) is 0 Å². The summed E-state index contributed by atoms with van der Waals surface area (Å²) >= 11 is 0. The van der Waals surface area contributed by atoms with Gasteiger partial charge in [-0.15, -0.1) is 0 Å². The molecule has 0 bridgehead atoms. The van der Waals surface area contributed by atoms with Crippen molar-refractivity contribution < 1.29 is 8.98 Å². The highest BCUT2D eigenvalue weighted by atomic mass is 16.3. The Kier molecular flexibility index (Phi) is 3.14. The van der Waals surface area contributed by atoms with E-state index >= 15 is 0 Å². The molecule has 2 aromatic heterocycles. The quantitative estimate of drug-likeness (QED) is 0.347. The molecular weight excluding hydrogens is 296 g/mol. The molecule has 0 fully saturated rings. The summed E-state index contributed by atoms with van der Waals surface area (Å²) in [5.74, 6) is 0. The zero-order valence-corrected chi connectivity index (χ0v) is 13.9. The van der Waals surface area contributed by atoms with Gasteiger partial charge in [-0.3, -0.25) is 0 Å². The lowest BCUT2D eigenvalue weighted by Gasteiger charge is -2.08. The van der Waals surface area contributed by atoms with Crippen LogP contribution in [0.5, 0.6) is 0 Å². The Morgan fingerprint density at radius 1 is 1.04 bits per heavy atom. The van der Waals surface area contributed by atoms with Gasteiger partial charge in [0.1, 0.15) is 18.2 Å². The van der Waals surface area contributed by atoms with Gasteiger partial charge in [0, 0.05) is 22.9 Å². The molecule has 2 aromatic carbocycles. The molecule has 4 rings (SSSR count). The minimum atomic E-state index is 0.563. The van der Waals surface area contributed by atoms with E-state index in [1.807, 2.05) is 37.5 Å². The van der Waals surface area contributed by atoms with Gasteiger partial charge in [-0.25, -0.2) is 9.41 Å². The third kappa shape index (κ3) is 1.93. The van der Waals surface area contributed by atoms with Crippen LogP contribution in [0, 0.1) is 20.4 Å². The Balaban J connectivity index is 2.14. The number of furan rings is 1. The molecule has 0 N–H and O–H groups in total. The Bertz CT molecular complexity index is 1150. The number of hydrogen-bond acceptors (Lipinski definition) is 1. The summed E-state index contributed by atoms with van der Waals surface area (Å²) in [5, 5.41) is 2.12. The van der Waals surface area contributed by atoms with Crippen molar-refractivity contribution in [3.8, 4) is 11.3 Å². The minimum Gasteiger partial charge on any atom is -0.467 e. The molecule has 0 unspecified atom stereocenters. The van der Waals surface area contributed by atoms with Gasteiger partial charge in [0.2, 0.25) is 11.4 Å². The van der Waals surface area contributed by atoms with Gasteiger partial charge in [0.25, 0.3) is 0 Å². The number of nitrogens with zero attached hydrogens (tertiary/aromatic N) is 2. The van der Waals surface area contributed by atoms with Crippen molar-refractivity contribution in [2.24, 2.45) is 7.05 Å². The Hall–Kier alpha value is -3.12. The van der Waals surface area contributed by atoms with Crippen LogP contribution >= 0.6 is 0 Å². The maximum atomic E-state index is 7.36. The van der Waals surface area contributed by atoms with Crippen LogP contribution in [0.1, 0.15) is 11.1 Å². The number of benzene rings is 2. The fourth-order valence-corrected chi connectivity index (χ4v) is 3.40. The van der Waals surface area contributed by atoms with Gasteiger partial charge in [0.05, 0.1) is 12.1 Å². The fourth-order valence-electron chi connectivity index (χ4n) is 3.40. The highest BCUT2D eigenvalue weighted by Gasteiger charge is 2.19. The van der Waals surface area contributed by atoms with E-state index in [9.17, 15) is 0 Å². The molecule has 0 spiro atoms. The summed E-state index contributed by atoms with van der Waals surface area (Å²) in [6.07, 6.45) is 2.05. The minimum absolute atomic E-state index is 0.563. The average molecular weight is 313 g/mol. The van der Waals surface area contributed by atoms with Gasteiger partial charge < -0.3 is 4.42 Å². The predicted molar refractivity (Wildman–Crippen MR) is 96.1 cm³/mol. The van der Waals surface area contributed by atoms with E-state index < -0.39 is 0 Å². The number of pyridine rings is 1. The van der Waals surface area contributed by atoms with Crippen molar-refractivity contribution in [1.29, 1.82) is 0 Å². The first-order chi connectivity index (χ1) is 11.6. The molecule has 0 saturated heterocycles. The number of fused-ring (bicyclic) bond motifs is 3. The van der Waals surface area contributed by atoms with Gasteiger partial charge >= 0.3 is 0 Å². The van der Waals surface area contributed by atoms with E-state index in [4.69, 9.17) is 11.0 Å². The van der Waals surface area contributed by atoms with Crippen LogP contribution in [0.25, 0.3) is 38.0 Å². The maximum absolute atomic E-state index is 7.36. The molecule has 0 saturated carbocycles. The number of para-hydroxylation sites is 1. The first-order valence-electron chi connectivity index (χ1n) is 7.89. The van der Waals surface area contributed by atoms with E-state index in [-0.39, 0.29) is 0 Å². The summed E-state index contributed by atoms with van der Waals surface area (Å²) < 4.78 is 8.20. The lowest BCUT2D eigenvalue weighted by atomic mass is 9.95. The van der Waals surface area contributed by atoms with Crippen LogP contribution in [0.15, 0.2) is 53.1 Å². The Morgan fingerprint density at radius 2 is 1.88 bits per heavy atom. The third-order valence-corrected chi connectivity index (χ3v) is 4.79. The summed E-state index contributed by atoms with van der Waals surface area (Å²) in [4.78, 5) is 3.59. The number of rotatable bonds is 1. The topological polar surface area (TPSA) is 21.4 Å². The Labute approximate surface area is 140 Å². The molecular formula is C21H17N2O+. The molecule has 3 heteroatoms. The van der Waals surface area contributed by atoms with E-state index in [1.54, 1.807) is 6.07 Å². The molecule has 3 nitrogen and oxygen atoms in total. The average Bonchev–Trinajstić information content (AvgIpc) is 2.97. The number of hydrogen-bond donors (Lipinski definition) is 0. The predicted octanol–water partition coefficient (Wildman–Crippen LogP) is 5.25. The van der Waals surface area contributed by atoms with Gasteiger partial charge in [-0.05, 0) is 37.1 Å². The Morgan fingerprint density at radius 3 is 2.62 bits per heavy atom. The lowest BCUT2D eigenvalue weighted by Crippen LogP contribution is -2.30. The molecule has 0 atom stereocenters. The highest BCUT2D eigenvalue weighted by Crippen LogP contribution is 2.39. The second-order valence-corrected chi connectivity index (χ2v) is 6.11. The molecule has 24 heavy (non-hydrogen) atoms. The van der Waals surface area contributed by atoms with Crippen LogP contribution in [0.3, 0.4) is 0 Å². The lowest BCUT2D eigenvalue weighted by molar-refractivity contribution is -0.660. The van der Waals surface area contributed by atoms with E-state index in [0.29, 0.717) is 11.3 Å². The molecule has 0 radical (unpaired) electrons. The summed E-state index contributed by atoms with van der Waals surface area (Å²) in [6, 6.07) is 14.0. The first-order valence-corrected chi connectivity index (χ1v) is 7.89. The normalized spacial score (nSPS) is 11.1. The molecule has 4 aromatic rings. The van der Waals surface area contributed by atoms with Crippen molar-refractivity contribution in [3.63, 3.8) is 0 Å². The summed E-state index contributed by atoms with van der Waals surface area (Å²) in [7, 11) is 2.05. The van der Waals surface area contributed by atoms with Crippen LogP contribution in [0.2, 0.25) is 0 Å². The monoisotopic (exact) mass is 313 g/mol. The molecule has 2 heterocycles. The van der Waals surface area contributed by atoms with Crippen molar-refractivity contribution >= 4 is 27.6 Å². The standard InChI is InChI=1S/C21H17N2O/c1-13-14(2)20-15-8-7-9-17(22-3)21(15)24-19(20)12-16(13)18-10-5-6-11-23(18)4/h5-12H,1-2,4H3/q+1. The van der Waals surface area contributed by atoms with E-state index in [1.165, 1.54) is 11.1 Å². The zero-order chi connectivity index (χ0) is 16.8. The second kappa shape index (κ2) is 5.21. The summed E-state index contributed by atoms with van der Waals surface area (Å²) in [5.41, 5.74) is 6.82. The van der Waals surface area contributed by atoms with Crippen LogP contribution in [-0.4, -0.2) is 0 Å². The highest BCUT2D eigenvalue weighted by molar-refractivity contribution is 6.11. The van der Waals surface area contributed by atoms with E-state index in [0.717, 1.165) is 27.6 Å². The van der Waals surface area contributed by atoms with E-state index in [2.05, 4.69) is 35.4 Å². The zero-order valence-electron chi connectivity index (χ0n) is 13.9. The van der Waals surface area contributed by atoms with Gasteiger partial charge in [-0.1, -0.05) is 18.2 Å². The maximum Gasteiger partial charge on any atom is 0.229 e. The van der Waals surface area contributed by atoms with Crippen molar-refractivity contribution in [2.45, 2.75) is 13.8 Å². The number of aromatic nitrogens is 1. The second-order valence-electron chi connectivity index (χ2n) is 6.11. The molecule has 0 aliphatic carbocycles. The molecule has 0 amide bonds. The van der Waals surface area contributed by atoms with Crippen LogP contribution in [-0.2, 0) is 7.05 Å². The van der Waals surface area contributed by atoms with Crippen LogP contribution < -0.4 is 4.57 Å². The molecule has 0 aliphatic heterocycles. The molecule has 0 aliphatic rings. The summed E-state index contributed by atoms with van der Waals surface area (Å²) in [6.45, 7) is 11.6. The van der Waals surface area contributed by atoms with Crippen LogP contribution in [0.4, 0.5) is 5.69 Å². The third-order valence-electron chi connectivity index (χ3n) is 4.79. The molecule has 116 valence electrons. The number of aryl methyl sites for hydroxylation is 2. The SMILES string of the molecule is [C-]#[N+]c1cccc2c1oc1cc(-c3cccc[n+]3C)c(C)c(C)c12. The van der Waals surface area contributed by atoms with Gasteiger partial charge in [0.15, 0.2) is 6.20 Å². The van der Waals surface area contributed by atoms with Gasteiger partial charge in [-0.2, -0.15) is 0 Å². The smallest absolute Gasteiger partial charge is 0.229 e. The largest absolute Gasteiger partial charge is 0.467 e. The fraction of sp³-hybridized carbons (Fsp3) is 0.143. The first kappa shape index (κ1) is 14.5. The van der Waals surface area contributed by atoms with Crippen molar-refractivity contribution in [3.05, 3.63) is 71.2 Å². The van der Waals surface area contributed by atoms with Crippen molar-refractivity contribution in [2.75, 3.05) is 0 Å².